The van der Waals surface area contributed by atoms with Gasteiger partial charge in [0, 0.05) is 11.4 Å². The van der Waals surface area contributed by atoms with Gasteiger partial charge in [-0.2, -0.15) is 5.10 Å². The summed E-state index contributed by atoms with van der Waals surface area (Å²) < 4.78 is 0. The number of rotatable bonds is 5. The molecule has 0 aromatic heterocycles. The average molecular weight is 399 g/mol. The lowest BCUT2D eigenvalue weighted by Gasteiger charge is -2.07. The molecule has 0 bridgehead atoms. The van der Waals surface area contributed by atoms with Gasteiger partial charge in [-0.3, -0.25) is 9.59 Å². The fourth-order valence-corrected chi connectivity index (χ4v) is 2.42. The van der Waals surface area contributed by atoms with E-state index in [1.807, 2.05) is 0 Å². The normalized spacial score (nSPS) is 11.1. The second-order valence-electron chi connectivity index (χ2n) is 5.12. The van der Waals surface area contributed by atoms with E-state index in [0.29, 0.717) is 32.0 Å². The highest BCUT2D eigenvalue weighted by Gasteiger charge is 2.10. The summed E-state index contributed by atoms with van der Waals surface area (Å²) in [7, 11) is 0. The van der Waals surface area contributed by atoms with Crippen LogP contribution in [0.25, 0.3) is 0 Å². The van der Waals surface area contributed by atoms with Crippen LogP contribution in [0.2, 0.25) is 15.1 Å². The summed E-state index contributed by atoms with van der Waals surface area (Å²) >= 11 is 17.7. The van der Waals surface area contributed by atoms with Gasteiger partial charge in [0.05, 0.1) is 27.1 Å². The number of hydrogen-bond acceptors (Lipinski definition) is 3. The standard InChI is InChI=1S/C17H14Cl3N3O2/c1-10(22-23-17(25)12-4-2-3-5-13(12)18)8-16(24)21-11-6-7-14(19)15(20)9-11/h2-7,9H,8H2,1H3,(H,21,24)(H,23,25). The van der Waals surface area contributed by atoms with Crippen LogP contribution >= 0.6 is 34.8 Å². The Labute approximate surface area is 160 Å². The highest BCUT2D eigenvalue weighted by molar-refractivity contribution is 6.42. The minimum atomic E-state index is -0.449. The van der Waals surface area contributed by atoms with Gasteiger partial charge < -0.3 is 5.32 Å². The number of hydrogen-bond donors (Lipinski definition) is 2. The third-order valence-electron chi connectivity index (χ3n) is 3.09. The van der Waals surface area contributed by atoms with Crippen LogP contribution in [-0.4, -0.2) is 17.5 Å². The molecule has 8 heteroatoms. The van der Waals surface area contributed by atoms with E-state index in [4.69, 9.17) is 34.8 Å². The molecule has 2 N–H and O–H groups in total. The lowest BCUT2D eigenvalue weighted by atomic mass is 10.2. The van der Waals surface area contributed by atoms with E-state index < -0.39 is 5.91 Å². The number of carbonyl (C=O) groups excluding carboxylic acids is 2. The van der Waals surface area contributed by atoms with Gasteiger partial charge in [0.15, 0.2) is 0 Å². The van der Waals surface area contributed by atoms with Crippen LogP contribution in [0.5, 0.6) is 0 Å². The van der Waals surface area contributed by atoms with Crippen molar-refractivity contribution in [1.82, 2.24) is 5.43 Å². The summed E-state index contributed by atoms with van der Waals surface area (Å²) in [5, 5.41) is 7.65. The highest BCUT2D eigenvalue weighted by Crippen LogP contribution is 2.25. The number of anilines is 1. The molecule has 0 aliphatic heterocycles. The fraction of sp³-hybridized carbons (Fsp3) is 0.118. The largest absolute Gasteiger partial charge is 0.326 e. The Balaban J connectivity index is 1.92. The van der Waals surface area contributed by atoms with Crippen LogP contribution in [0.4, 0.5) is 5.69 Å². The maximum atomic E-state index is 12.0. The van der Waals surface area contributed by atoms with Crippen LogP contribution < -0.4 is 10.7 Å². The molecule has 0 heterocycles. The zero-order valence-electron chi connectivity index (χ0n) is 13.1. The molecule has 2 aromatic rings. The van der Waals surface area contributed by atoms with E-state index >= 15 is 0 Å². The predicted octanol–water partition coefficient (Wildman–Crippen LogP) is 4.78. The molecular formula is C17H14Cl3N3O2. The topological polar surface area (TPSA) is 70.6 Å². The molecule has 0 aliphatic rings. The minimum absolute atomic E-state index is 0.00302. The Kier molecular flexibility index (Phi) is 6.82. The molecule has 0 atom stereocenters. The molecule has 0 saturated carbocycles. The van der Waals surface area contributed by atoms with Crippen molar-refractivity contribution in [1.29, 1.82) is 0 Å². The Hall–Kier alpha value is -2.08. The molecular weight excluding hydrogens is 385 g/mol. The molecule has 2 amide bonds. The average Bonchev–Trinajstić information content (AvgIpc) is 2.56. The van der Waals surface area contributed by atoms with E-state index in [1.165, 1.54) is 0 Å². The van der Waals surface area contributed by atoms with Crippen molar-refractivity contribution < 1.29 is 9.59 Å². The number of carbonyl (C=O) groups is 2. The predicted molar refractivity (Wildman–Crippen MR) is 102 cm³/mol. The Morgan fingerprint density at radius 2 is 1.72 bits per heavy atom. The van der Waals surface area contributed by atoms with Gasteiger partial charge in [0.25, 0.3) is 5.91 Å². The SMILES string of the molecule is CC(CC(=O)Nc1ccc(Cl)c(Cl)c1)=NNC(=O)c1ccccc1Cl. The van der Waals surface area contributed by atoms with Gasteiger partial charge >= 0.3 is 0 Å². The van der Waals surface area contributed by atoms with Gasteiger partial charge in [-0.25, -0.2) is 5.43 Å². The Morgan fingerprint density at radius 1 is 1.00 bits per heavy atom. The number of nitrogens with zero attached hydrogens (tertiary/aromatic N) is 1. The first-order valence-electron chi connectivity index (χ1n) is 7.19. The summed E-state index contributed by atoms with van der Waals surface area (Å²) in [6.07, 6.45) is 0.00302. The first-order valence-corrected chi connectivity index (χ1v) is 8.33. The van der Waals surface area contributed by atoms with Crippen molar-refractivity contribution in [2.45, 2.75) is 13.3 Å². The molecule has 2 rings (SSSR count). The first-order chi connectivity index (χ1) is 11.9. The third kappa shape index (κ3) is 5.74. The lowest BCUT2D eigenvalue weighted by molar-refractivity contribution is -0.115. The molecule has 0 unspecified atom stereocenters. The Bertz CT molecular complexity index is 838. The van der Waals surface area contributed by atoms with Crippen molar-refractivity contribution in [3.8, 4) is 0 Å². The van der Waals surface area contributed by atoms with Crippen molar-refractivity contribution in [3.63, 3.8) is 0 Å². The van der Waals surface area contributed by atoms with E-state index in [1.54, 1.807) is 49.4 Å². The maximum Gasteiger partial charge on any atom is 0.272 e. The van der Waals surface area contributed by atoms with Gasteiger partial charge in [-0.05, 0) is 37.3 Å². The summed E-state index contributed by atoms with van der Waals surface area (Å²) in [5.74, 6) is -0.749. The van der Waals surface area contributed by atoms with Crippen LogP contribution in [-0.2, 0) is 4.79 Å². The van der Waals surface area contributed by atoms with Crippen molar-refractivity contribution in [2.24, 2.45) is 5.10 Å². The van der Waals surface area contributed by atoms with Crippen LogP contribution in [0, 0.1) is 0 Å². The first kappa shape index (κ1) is 19.2. The molecule has 0 spiro atoms. The zero-order chi connectivity index (χ0) is 18.4. The summed E-state index contributed by atoms with van der Waals surface area (Å²) in [4.78, 5) is 24.0. The van der Waals surface area contributed by atoms with Crippen LogP contribution in [0.1, 0.15) is 23.7 Å². The maximum absolute atomic E-state index is 12.0. The van der Waals surface area contributed by atoms with E-state index in [9.17, 15) is 9.59 Å². The Morgan fingerprint density at radius 3 is 2.40 bits per heavy atom. The zero-order valence-corrected chi connectivity index (χ0v) is 15.4. The number of amides is 2. The van der Waals surface area contributed by atoms with Gasteiger partial charge in [0.1, 0.15) is 0 Å². The van der Waals surface area contributed by atoms with Crippen LogP contribution in [0.15, 0.2) is 47.6 Å². The van der Waals surface area contributed by atoms with E-state index in [0.717, 1.165) is 0 Å². The second kappa shape index (κ2) is 8.85. The van der Waals surface area contributed by atoms with Crippen LogP contribution in [0.3, 0.4) is 0 Å². The van der Waals surface area contributed by atoms with E-state index in [2.05, 4.69) is 15.8 Å². The van der Waals surface area contributed by atoms with Gasteiger partial charge in [-0.1, -0.05) is 46.9 Å². The number of benzene rings is 2. The van der Waals surface area contributed by atoms with Gasteiger partial charge in [-0.15, -0.1) is 0 Å². The van der Waals surface area contributed by atoms with E-state index in [-0.39, 0.29) is 12.3 Å². The third-order valence-corrected chi connectivity index (χ3v) is 4.16. The molecule has 0 aliphatic carbocycles. The number of halogens is 3. The second-order valence-corrected chi connectivity index (χ2v) is 6.34. The smallest absolute Gasteiger partial charge is 0.272 e. The quantitative estimate of drug-likeness (QED) is 0.562. The fourth-order valence-electron chi connectivity index (χ4n) is 1.90. The van der Waals surface area contributed by atoms with Crippen molar-refractivity contribution >= 4 is 58.0 Å². The minimum Gasteiger partial charge on any atom is -0.326 e. The summed E-state index contributed by atoms with van der Waals surface area (Å²) in [6, 6.07) is 11.4. The molecule has 0 radical (unpaired) electrons. The molecule has 0 fully saturated rings. The number of nitrogens with one attached hydrogen (secondary N) is 2. The molecule has 2 aromatic carbocycles. The lowest BCUT2D eigenvalue weighted by Crippen LogP contribution is -2.21. The monoisotopic (exact) mass is 397 g/mol. The highest BCUT2D eigenvalue weighted by atomic mass is 35.5. The molecule has 130 valence electrons. The summed E-state index contributed by atoms with van der Waals surface area (Å²) in [5.41, 5.74) is 3.63. The van der Waals surface area contributed by atoms with Crippen molar-refractivity contribution in [3.05, 3.63) is 63.1 Å². The molecule has 25 heavy (non-hydrogen) atoms. The van der Waals surface area contributed by atoms with Crippen molar-refractivity contribution in [2.75, 3.05) is 5.32 Å². The summed E-state index contributed by atoms with van der Waals surface area (Å²) in [6.45, 7) is 1.63. The number of hydrazone groups is 1. The molecule has 5 nitrogen and oxygen atoms in total. The van der Waals surface area contributed by atoms with Gasteiger partial charge in [0.2, 0.25) is 5.91 Å². The molecule has 0 saturated heterocycles.